The number of methoxy groups -OCH3 is 2. The van der Waals surface area contributed by atoms with E-state index in [1.165, 1.54) is 20.3 Å². The fraction of sp³-hybridized carbons (Fsp3) is 0.354. The second kappa shape index (κ2) is 18.9. The lowest BCUT2D eigenvalue weighted by Gasteiger charge is -2.34. The van der Waals surface area contributed by atoms with Crippen molar-refractivity contribution in [2.24, 2.45) is 5.92 Å². The van der Waals surface area contributed by atoms with E-state index in [1.807, 2.05) is 41.3 Å². The molecule has 0 radical (unpaired) electrons. The second-order valence-electron chi connectivity index (χ2n) is 16.6. The first-order valence-corrected chi connectivity index (χ1v) is 21.9. The number of nitrogens with zero attached hydrogens (tertiary/aromatic N) is 5. The third-order valence-electron chi connectivity index (χ3n) is 12.8. The Kier molecular flexibility index (Phi) is 12.5. The van der Waals surface area contributed by atoms with Gasteiger partial charge < -0.3 is 44.6 Å². The highest BCUT2D eigenvalue weighted by atomic mass is 19.1. The molecule has 17 heteroatoms. The van der Waals surface area contributed by atoms with Crippen LogP contribution >= 0.6 is 0 Å². The van der Waals surface area contributed by atoms with E-state index in [0.29, 0.717) is 85.3 Å². The predicted octanol–water partition coefficient (Wildman–Crippen LogP) is 7.40. The monoisotopic (exact) mass is 883 g/mol. The van der Waals surface area contributed by atoms with Crippen LogP contribution in [0.4, 0.5) is 14.0 Å². The summed E-state index contributed by atoms with van der Waals surface area (Å²) >= 11 is 0. The third-order valence-corrected chi connectivity index (χ3v) is 12.8. The standard InChI is InChI=1S/C48H50FN9O7/c1-63-47(61)55-41(28-8-4-3-5-9-28)45(59)57-18-6-11-40(57)44-52-27-38(54-44)32-14-15-34(35(49)23-32)36-24-30-12-13-31(22-33(30)25-50-36)37-26-51-43(53-37)39-10-7-19-58(39)46(60)42(56-48(62)64-2)29-16-20-65-21-17-29/h3-5,8-9,12-15,22-27,29,39-42H,6-7,10-11,16-21H2,1-2H3,(H,51,53)(H,52,54)(H,55,61)(H,56,62)/t39-,40-,41+,42-/m0/s1. The second-order valence-corrected chi connectivity index (χ2v) is 16.6. The van der Waals surface area contributed by atoms with Crippen LogP contribution < -0.4 is 10.6 Å². The van der Waals surface area contributed by atoms with Gasteiger partial charge in [0.05, 0.1) is 55.8 Å². The number of amides is 4. The van der Waals surface area contributed by atoms with E-state index >= 15 is 4.39 Å². The molecule has 4 N–H and O–H groups in total. The molecule has 6 heterocycles. The van der Waals surface area contributed by atoms with Crippen LogP contribution in [0.1, 0.15) is 73.9 Å². The minimum Gasteiger partial charge on any atom is -0.453 e. The summed E-state index contributed by atoms with van der Waals surface area (Å²) in [5.41, 5.74) is 4.29. The number of likely N-dealkylation sites (tertiary alicyclic amines) is 2. The number of nitrogens with one attached hydrogen (secondary N) is 4. The lowest BCUT2D eigenvalue weighted by Crippen LogP contribution is -2.53. The maximum atomic E-state index is 15.9. The summed E-state index contributed by atoms with van der Waals surface area (Å²) in [6.07, 6.45) is 8.07. The molecule has 0 spiro atoms. The molecule has 16 nitrogen and oxygen atoms in total. The molecule has 3 aromatic heterocycles. The zero-order valence-corrected chi connectivity index (χ0v) is 36.1. The van der Waals surface area contributed by atoms with Gasteiger partial charge in [0.1, 0.15) is 29.5 Å². The number of ether oxygens (including phenoxy) is 3. The number of alkyl carbamates (subject to hydrolysis) is 2. The zero-order chi connectivity index (χ0) is 45.0. The topological polar surface area (TPSA) is 197 Å². The van der Waals surface area contributed by atoms with Crippen LogP contribution in [0.15, 0.2) is 91.4 Å². The van der Waals surface area contributed by atoms with E-state index in [4.69, 9.17) is 19.2 Å². The van der Waals surface area contributed by atoms with Crippen LogP contribution in [-0.4, -0.2) is 105 Å². The van der Waals surface area contributed by atoms with Crippen LogP contribution in [-0.2, 0) is 23.8 Å². The molecule has 3 aliphatic rings. The van der Waals surface area contributed by atoms with Gasteiger partial charge in [-0.25, -0.2) is 23.9 Å². The van der Waals surface area contributed by atoms with Crippen molar-refractivity contribution in [3.63, 3.8) is 0 Å². The summed E-state index contributed by atoms with van der Waals surface area (Å²) in [5, 5.41) is 7.20. The SMILES string of the molecule is COC(=O)N[C@H](C(=O)N1CCC[C@H]1c1ncc(-c2ccc3cc(-c4ccc(-c5cnc([C@@H]6CCCN6C(=O)[C@H](NC(=O)OC)c6ccccc6)[nH]5)cc4F)ncc3c2)[nH]1)C1CCOCC1. The van der Waals surface area contributed by atoms with Crippen molar-refractivity contribution in [2.75, 3.05) is 40.5 Å². The summed E-state index contributed by atoms with van der Waals surface area (Å²) in [7, 11) is 2.55. The van der Waals surface area contributed by atoms with Gasteiger partial charge in [0.15, 0.2) is 0 Å². The lowest BCUT2D eigenvalue weighted by atomic mass is 9.90. The lowest BCUT2D eigenvalue weighted by molar-refractivity contribution is -0.137. The van der Waals surface area contributed by atoms with E-state index in [9.17, 15) is 19.2 Å². The molecule has 0 bridgehead atoms. The Morgan fingerprint density at radius 1 is 0.708 bits per heavy atom. The summed E-state index contributed by atoms with van der Waals surface area (Å²) in [6.45, 7) is 2.11. The van der Waals surface area contributed by atoms with Crippen molar-refractivity contribution in [1.82, 2.24) is 45.4 Å². The van der Waals surface area contributed by atoms with Crippen molar-refractivity contribution in [3.05, 3.63) is 114 Å². The number of hydrogen-bond acceptors (Lipinski definition) is 10. The molecule has 9 rings (SSSR count). The molecule has 0 unspecified atom stereocenters. The molecular formula is C48H50FN9O7. The molecular weight excluding hydrogens is 834 g/mol. The van der Waals surface area contributed by atoms with Crippen LogP contribution in [0.5, 0.6) is 0 Å². The molecule has 336 valence electrons. The Bertz CT molecular complexity index is 2700. The van der Waals surface area contributed by atoms with E-state index in [0.717, 1.165) is 41.3 Å². The maximum Gasteiger partial charge on any atom is 0.407 e. The Balaban J connectivity index is 0.884. The first-order valence-electron chi connectivity index (χ1n) is 21.9. The van der Waals surface area contributed by atoms with Crippen LogP contribution in [0, 0.1) is 11.7 Å². The zero-order valence-electron chi connectivity index (χ0n) is 36.1. The van der Waals surface area contributed by atoms with E-state index in [1.54, 1.807) is 53.8 Å². The molecule has 65 heavy (non-hydrogen) atoms. The smallest absolute Gasteiger partial charge is 0.407 e. The number of hydrogen-bond donors (Lipinski definition) is 4. The van der Waals surface area contributed by atoms with Crippen molar-refractivity contribution in [1.29, 1.82) is 0 Å². The molecule has 3 aliphatic heterocycles. The maximum absolute atomic E-state index is 15.9. The number of carbonyl (C=O) groups is 4. The summed E-state index contributed by atoms with van der Waals surface area (Å²) in [5.74, 6) is 0.304. The van der Waals surface area contributed by atoms with Gasteiger partial charge in [-0.05, 0) is 79.7 Å². The number of rotatable bonds is 11. The van der Waals surface area contributed by atoms with Gasteiger partial charge in [0.2, 0.25) is 5.91 Å². The molecule has 3 aromatic carbocycles. The van der Waals surface area contributed by atoms with E-state index in [-0.39, 0.29) is 29.8 Å². The average molecular weight is 884 g/mol. The quantitative estimate of drug-likeness (QED) is 0.102. The third kappa shape index (κ3) is 9.00. The van der Waals surface area contributed by atoms with Crippen molar-refractivity contribution >= 4 is 34.8 Å². The van der Waals surface area contributed by atoms with Crippen molar-refractivity contribution in [2.45, 2.75) is 62.7 Å². The van der Waals surface area contributed by atoms with Crippen molar-refractivity contribution in [3.8, 4) is 33.8 Å². The number of fused-ring (bicyclic) bond motifs is 1. The molecule has 6 aromatic rings. The van der Waals surface area contributed by atoms with E-state index in [2.05, 4.69) is 30.6 Å². The molecule has 0 aliphatic carbocycles. The Morgan fingerprint density at radius 3 is 1.97 bits per heavy atom. The normalized spacial score (nSPS) is 18.6. The number of imidazole rings is 2. The van der Waals surface area contributed by atoms with E-state index < -0.39 is 30.1 Å². The molecule has 4 amide bonds. The number of carbonyl (C=O) groups excluding carboxylic acids is 4. The van der Waals surface area contributed by atoms with Crippen molar-refractivity contribution < 1.29 is 37.8 Å². The molecule has 4 atom stereocenters. The molecule has 0 saturated carbocycles. The van der Waals surface area contributed by atoms with Crippen LogP contribution in [0.2, 0.25) is 0 Å². The minimum atomic E-state index is -0.939. The number of benzene rings is 3. The van der Waals surface area contributed by atoms with Crippen LogP contribution in [0.25, 0.3) is 44.5 Å². The number of aromatic nitrogens is 5. The van der Waals surface area contributed by atoms with Gasteiger partial charge in [-0.1, -0.05) is 48.5 Å². The predicted molar refractivity (Wildman–Crippen MR) is 237 cm³/mol. The number of halogens is 1. The van der Waals surface area contributed by atoms with Crippen LogP contribution in [0.3, 0.4) is 0 Å². The van der Waals surface area contributed by atoms with Gasteiger partial charge in [-0.15, -0.1) is 0 Å². The minimum absolute atomic E-state index is 0.0582. The fourth-order valence-electron chi connectivity index (χ4n) is 9.35. The summed E-state index contributed by atoms with van der Waals surface area (Å²) < 4.78 is 31.1. The number of aromatic amines is 2. The summed E-state index contributed by atoms with van der Waals surface area (Å²) in [4.78, 5) is 76.7. The van der Waals surface area contributed by atoms with Gasteiger partial charge in [0, 0.05) is 54.6 Å². The Morgan fingerprint density at radius 2 is 1.32 bits per heavy atom. The number of pyridine rings is 1. The Hall–Kier alpha value is -7.14. The highest BCUT2D eigenvalue weighted by Crippen LogP contribution is 2.37. The molecule has 3 fully saturated rings. The summed E-state index contributed by atoms with van der Waals surface area (Å²) in [6, 6.07) is 19.4. The first-order chi connectivity index (χ1) is 31.7. The fourth-order valence-corrected chi connectivity index (χ4v) is 9.35. The number of H-pyrrole nitrogens is 2. The van der Waals surface area contributed by atoms with Gasteiger partial charge in [-0.2, -0.15) is 0 Å². The highest BCUT2D eigenvalue weighted by Gasteiger charge is 2.40. The largest absolute Gasteiger partial charge is 0.453 e. The van der Waals surface area contributed by atoms with Gasteiger partial charge >= 0.3 is 12.2 Å². The molecule has 3 saturated heterocycles. The average Bonchev–Trinajstić information content (AvgIpc) is 4.20. The Labute approximate surface area is 374 Å². The highest BCUT2D eigenvalue weighted by molar-refractivity contribution is 5.90. The first kappa shape index (κ1) is 43.1. The van der Waals surface area contributed by atoms with Gasteiger partial charge in [0.25, 0.3) is 5.91 Å². The van der Waals surface area contributed by atoms with Gasteiger partial charge in [-0.3, -0.25) is 14.6 Å².